The molecule has 2 aromatic rings. The Hall–Kier alpha value is -0.850. The summed E-state index contributed by atoms with van der Waals surface area (Å²) < 4.78 is 7.33. The summed E-state index contributed by atoms with van der Waals surface area (Å²) in [6.07, 6.45) is 0.952. The number of hydrogen-bond donors (Lipinski definition) is 1. The third-order valence-corrected chi connectivity index (χ3v) is 5.69. The fourth-order valence-electron chi connectivity index (χ4n) is 1.53. The highest BCUT2D eigenvalue weighted by atomic mass is 79.9. The minimum absolute atomic E-state index is 0.131. The van der Waals surface area contributed by atoms with Crippen LogP contribution in [0, 0.1) is 0 Å². The number of anilines is 1. The van der Waals surface area contributed by atoms with Gasteiger partial charge in [0.15, 0.2) is 0 Å². The average Bonchev–Trinajstić information content (AvgIpc) is 2.77. The Morgan fingerprint density at radius 2 is 2.15 bits per heavy atom. The van der Waals surface area contributed by atoms with Crippen molar-refractivity contribution in [2.75, 3.05) is 11.9 Å². The summed E-state index contributed by atoms with van der Waals surface area (Å²) in [7, 11) is 0. The van der Waals surface area contributed by atoms with E-state index in [2.05, 4.69) is 44.1 Å². The molecule has 0 saturated heterocycles. The van der Waals surface area contributed by atoms with E-state index in [-0.39, 0.29) is 5.91 Å². The second kappa shape index (κ2) is 7.24. The molecule has 0 fully saturated rings. The summed E-state index contributed by atoms with van der Waals surface area (Å²) >= 11 is 8.14. The van der Waals surface area contributed by atoms with Crippen molar-refractivity contribution in [3.63, 3.8) is 0 Å². The summed E-state index contributed by atoms with van der Waals surface area (Å²) in [4.78, 5) is 12.8. The molecule has 1 amide bonds. The van der Waals surface area contributed by atoms with Crippen molar-refractivity contribution in [1.29, 1.82) is 0 Å². The van der Waals surface area contributed by atoms with Crippen molar-refractivity contribution in [1.82, 2.24) is 0 Å². The molecule has 1 aromatic carbocycles. The number of rotatable bonds is 5. The number of amides is 1. The number of halogens is 2. The number of thiophene rings is 1. The summed E-state index contributed by atoms with van der Waals surface area (Å²) in [5.41, 5.74) is 0.726. The molecule has 0 aliphatic heterocycles. The van der Waals surface area contributed by atoms with Crippen LogP contribution in [0.2, 0.25) is 0 Å². The zero-order chi connectivity index (χ0) is 14.5. The summed E-state index contributed by atoms with van der Waals surface area (Å²) in [6.45, 7) is 2.72. The number of carbonyl (C=O) groups excluding carboxylic acids is 1. The first-order chi connectivity index (χ1) is 9.60. The molecule has 0 bridgehead atoms. The minimum Gasteiger partial charge on any atom is -0.494 e. The molecule has 0 unspecified atom stereocenters. The number of nitrogens with one attached hydrogen (secondary N) is 1. The maximum atomic E-state index is 12.1. The van der Waals surface area contributed by atoms with Gasteiger partial charge in [-0.3, -0.25) is 4.79 Å². The van der Waals surface area contributed by atoms with Gasteiger partial charge in [0, 0.05) is 16.2 Å². The van der Waals surface area contributed by atoms with E-state index in [1.54, 1.807) is 6.07 Å². The smallest absolute Gasteiger partial charge is 0.265 e. The van der Waals surface area contributed by atoms with Crippen molar-refractivity contribution in [3.8, 4) is 5.75 Å². The highest BCUT2D eigenvalue weighted by Crippen LogP contribution is 2.32. The largest absolute Gasteiger partial charge is 0.494 e. The van der Waals surface area contributed by atoms with Gasteiger partial charge in [0.1, 0.15) is 5.75 Å². The molecule has 1 N–H and O–H groups in total. The van der Waals surface area contributed by atoms with Gasteiger partial charge in [0.05, 0.1) is 15.3 Å². The lowest BCUT2D eigenvalue weighted by molar-refractivity contribution is 0.103. The Labute approximate surface area is 138 Å². The monoisotopic (exact) mass is 417 g/mol. The molecule has 3 nitrogen and oxygen atoms in total. The molecule has 6 heteroatoms. The first kappa shape index (κ1) is 15.5. The van der Waals surface area contributed by atoms with Crippen LogP contribution in [0.4, 0.5) is 5.69 Å². The Bertz CT molecular complexity index is 593. The maximum Gasteiger partial charge on any atom is 0.265 e. The van der Waals surface area contributed by atoms with Crippen LogP contribution in [0.5, 0.6) is 5.75 Å². The van der Waals surface area contributed by atoms with Gasteiger partial charge in [-0.05, 0) is 56.5 Å². The lowest BCUT2D eigenvalue weighted by Gasteiger charge is -2.07. The van der Waals surface area contributed by atoms with Crippen molar-refractivity contribution in [3.05, 3.63) is 43.5 Å². The minimum atomic E-state index is -0.131. The summed E-state index contributed by atoms with van der Waals surface area (Å²) in [6, 6.07) is 9.20. The molecular weight excluding hydrogens is 406 g/mol. The Kier molecular flexibility index (Phi) is 5.63. The lowest BCUT2D eigenvalue weighted by atomic mass is 10.3. The highest BCUT2D eigenvalue weighted by molar-refractivity contribution is 9.13. The first-order valence-electron chi connectivity index (χ1n) is 6.09. The van der Waals surface area contributed by atoms with Crippen molar-refractivity contribution < 1.29 is 9.53 Å². The van der Waals surface area contributed by atoms with Gasteiger partial charge in [-0.2, -0.15) is 0 Å². The number of benzene rings is 1. The predicted molar refractivity (Wildman–Crippen MR) is 89.9 cm³/mol. The van der Waals surface area contributed by atoms with E-state index in [1.807, 2.05) is 24.3 Å². The van der Waals surface area contributed by atoms with Crippen molar-refractivity contribution >= 4 is 54.8 Å². The Morgan fingerprint density at radius 3 is 2.80 bits per heavy atom. The third kappa shape index (κ3) is 4.07. The fourth-order valence-corrected chi connectivity index (χ4v) is 3.47. The molecule has 0 spiro atoms. The van der Waals surface area contributed by atoms with Gasteiger partial charge in [0.2, 0.25) is 0 Å². The van der Waals surface area contributed by atoms with Gasteiger partial charge in [-0.1, -0.05) is 13.0 Å². The highest BCUT2D eigenvalue weighted by Gasteiger charge is 2.12. The predicted octanol–water partition coefficient (Wildman–Crippen LogP) is 5.31. The van der Waals surface area contributed by atoms with Crippen molar-refractivity contribution in [2.45, 2.75) is 13.3 Å². The number of hydrogen-bond acceptors (Lipinski definition) is 3. The number of ether oxygens (including phenoxy) is 1. The molecule has 0 atom stereocenters. The van der Waals surface area contributed by atoms with Crippen LogP contribution in [0.15, 0.2) is 38.6 Å². The van der Waals surface area contributed by atoms with E-state index < -0.39 is 0 Å². The van der Waals surface area contributed by atoms with Crippen LogP contribution in [-0.2, 0) is 0 Å². The van der Waals surface area contributed by atoms with E-state index in [0.29, 0.717) is 11.5 Å². The molecular formula is C14H13Br2NO2S. The van der Waals surface area contributed by atoms with Crippen LogP contribution < -0.4 is 10.1 Å². The SMILES string of the molecule is CCCOc1cccc(NC(=O)c2cc(Br)c(Br)s2)c1. The molecule has 2 rings (SSSR count). The second-order valence-corrected chi connectivity index (χ2v) is 7.29. The molecule has 0 saturated carbocycles. The van der Waals surface area contributed by atoms with Gasteiger partial charge < -0.3 is 10.1 Å². The van der Waals surface area contributed by atoms with E-state index in [4.69, 9.17) is 4.74 Å². The van der Waals surface area contributed by atoms with Gasteiger partial charge >= 0.3 is 0 Å². The average molecular weight is 419 g/mol. The van der Waals surface area contributed by atoms with E-state index in [0.717, 1.165) is 26.1 Å². The van der Waals surface area contributed by atoms with Crippen molar-refractivity contribution in [2.24, 2.45) is 0 Å². The first-order valence-corrected chi connectivity index (χ1v) is 8.49. The summed E-state index contributed by atoms with van der Waals surface area (Å²) in [5.74, 6) is 0.632. The van der Waals surface area contributed by atoms with Crippen LogP contribution in [0.1, 0.15) is 23.0 Å². The van der Waals surface area contributed by atoms with Gasteiger partial charge in [0.25, 0.3) is 5.91 Å². The zero-order valence-corrected chi connectivity index (χ0v) is 14.8. The number of carbonyl (C=O) groups is 1. The zero-order valence-electron chi connectivity index (χ0n) is 10.8. The van der Waals surface area contributed by atoms with E-state index >= 15 is 0 Å². The molecule has 0 aliphatic rings. The Balaban J connectivity index is 2.07. The van der Waals surface area contributed by atoms with Crippen LogP contribution in [-0.4, -0.2) is 12.5 Å². The van der Waals surface area contributed by atoms with Gasteiger partial charge in [-0.15, -0.1) is 11.3 Å². The van der Waals surface area contributed by atoms with Crippen LogP contribution in [0.3, 0.4) is 0 Å². The topological polar surface area (TPSA) is 38.3 Å². The Morgan fingerprint density at radius 1 is 1.35 bits per heavy atom. The maximum absolute atomic E-state index is 12.1. The van der Waals surface area contributed by atoms with Crippen LogP contribution >= 0.6 is 43.2 Å². The molecule has 20 heavy (non-hydrogen) atoms. The standard InChI is InChI=1S/C14H13Br2NO2S/c1-2-6-19-10-5-3-4-9(7-10)17-14(18)12-8-11(15)13(16)20-12/h3-5,7-8H,2,6H2,1H3,(H,17,18). The van der Waals surface area contributed by atoms with Crippen LogP contribution in [0.25, 0.3) is 0 Å². The molecule has 0 radical (unpaired) electrons. The molecule has 1 aromatic heterocycles. The molecule has 106 valence electrons. The second-order valence-electron chi connectivity index (χ2n) is 4.06. The quantitative estimate of drug-likeness (QED) is 0.713. The molecule has 0 aliphatic carbocycles. The fraction of sp³-hybridized carbons (Fsp3) is 0.214. The normalized spacial score (nSPS) is 10.3. The molecule has 1 heterocycles. The third-order valence-electron chi connectivity index (χ3n) is 2.43. The van der Waals surface area contributed by atoms with Gasteiger partial charge in [-0.25, -0.2) is 0 Å². The van der Waals surface area contributed by atoms with E-state index in [9.17, 15) is 4.79 Å². The summed E-state index contributed by atoms with van der Waals surface area (Å²) in [5, 5.41) is 2.87. The lowest BCUT2D eigenvalue weighted by Crippen LogP contribution is -2.10. The van der Waals surface area contributed by atoms with E-state index in [1.165, 1.54) is 11.3 Å².